The van der Waals surface area contributed by atoms with Crippen LogP contribution in [-0.2, 0) is 9.59 Å². The number of methoxy groups -OCH3 is 1. The standard InChI is InChI=1S/C17H19N5O3/c1-3-6-21-9-12(7-16(21)23)17(24)20-14-8-13(4-5-15(14)25-2)22-10-18-19-11-22/h3-5,8,10-12H,1,6-7,9H2,2H3,(H,20,24). The quantitative estimate of drug-likeness (QED) is 0.799. The number of hydrogen-bond acceptors (Lipinski definition) is 5. The van der Waals surface area contributed by atoms with Crippen LogP contribution in [0.2, 0.25) is 0 Å². The van der Waals surface area contributed by atoms with E-state index in [0.29, 0.717) is 24.5 Å². The van der Waals surface area contributed by atoms with Gasteiger partial charge in [-0.25, -0.2) is 0 Å². The molecule has 3 rings (SSSR count). The number of hydrogen-bond donors (Lipinski definition) is 1. The Morgan fingerprint density at radius 1 is 1.44 bits per heavy atom. The predicted molar refractivity (Wildman–Crippen MR) is 91.4 cm³/mol. The van der Waals surface area contributed by atoms with Crippen LogP contribution in [0.4, 0.5) is 5.69 Å². The Hall–Kier alpha value is -3.16. The van der Waals surface area contributed by atoms with Crippen molar-refractivity contribution in [3.8, 4) is 11.4 Å². The fraction of sp³-hybridized carbons (Fsp3) is 0.294. The number of nitrogens with one attached hydrogen (secondary N) is 1. The number of carbonyl (C=O) groups is 2. The number of benzene rings is 1. The summed E-state index contributed by atoms with van der Waals surface area (Å²) < 4.78 is 7.04. The zero-order valence-electron chi connectivity index (χ0n) is 13.9. The summed E-state index contributed by atoms with van der Waals surface area (Å²) in [7, 11) is 1.54. The van der Waals surface area contributed by atoms with Crippen molar-refractivity contribution in [3.63, 3.8) is 0 Å². The summed E-state index contributed by atoms with van der Waals surface area (Å²) in [6.45, 7) is 4.48. The van der Waals surface area contributed by atoms with Gasteiger partial charge < -0.3 is 15.0 Å². The normalized spacial score (nSPS) is 16.8. The summed E-state index contributed by atoms with van der Waals surface area (Å²) in [4.78, 5) is 26.1. The maximum Gasteiger partial charge on any atom is 0.229 e. The molecule has 1 aliphatic heterocycles. The highest BCUT2D eigenvalue weighted by atomic mass is 16.5. The molecule has 0 saturated carbocycles. The van der Waals surface area contributed by atoms with Crippen molar-refractivity contribution in [2.45, 2.75) is 6.42 Å². The number of carbonyl (C=O) groups excluding carboxylic acids is 2. The van der Waals surface area contributed by atoms with Gasteiger partial charge in [-0.05, 0) is 18.2 Å². The van der Waals surface area contributed by atoms with Crippen LogP contribution in [0.1, 0.15) is 6.42 Å². The van der Waals surface area contributed by atoms with Crippen LogP contribution in [-0.4, -0.2) is 51.7 Å². The minimum absolute atomic E-state index is 0.0368. The van der Waals surface area contributed by atoms with Crippen LogP contribution < -0.4 is 10.1 Å². The van der Waals surface area contributed by atoms with Crippen LogP contribution in [0.25, 0.3) is 5.69 Å². The fourth-order valence-corrected chi connectivity index (χ4v) is 2.80. The Balaban J connectivity index is 1.77. The molecular formula is C17H19N5O3. The number of aromatic nitrogens is 3. The highest BCUT2D eigenvalue weighted by molar-refractivity contribution is 5.98. The molecule has 0 bridgehead atoms. The lowest BCUT2D eigenvalue weighted by molar-refractivity contribution is -0.127. The van der Waals surface area contributed by atoms with Crippen molar-refractivity contribution in [1.29, 1.82) is 0 Å². The second-order valence-corrected chi connectivity index (χ2v) is 5.73. The molecule has 8 nitrogen and oxygen atoms in total. The van der Waals surface area contributed by atoms with Gasteiger partial charge in [-0.2, -0.15) is 0 Å². The second kappa shape index (κ2) is 7.16. The van der Waals surface area contributed by atoms with Gasteiger partial charge in [0.25, 0.3) is 0 Å². The monoisotopic (exact) mass is 341 g/mol. The van der Waals surface area contributed by atoms with Gasteiger partial charge in [-0.15, -0.1) is 16.8 Å². The number of rotatable bonds is 6. The lowest BCUT2D eigenvalue weighted by Crippen LogP contribution is -2.28. The molecule has 1 fully saturated rings. The first-order valence-corrected chi connectivity index (χ1v) is 7.85. The zero-order chi connectivity index (χ0) is 17.8. The first-order valence-electron chi connectivity index (χ1n) is 7.85. The molecule has 1 saturated heterocycles. The molecule has 1 unspecified atom stereocenters. The predicted octanol–water partition coefficient (Wildman–Crippen LogP) is 1.25. The molecule has 1 N–H and O–H groups in total. The third-order valence-corrected chi connectivity index (χ3v) is 4.09. The zero-order valence-corrected chi connectivity index (χ0v) is 13.9. The van der Waals surface area contributed by atoms with E-state index >= 15 is 0 Å². The minimum Gasteiger partial charge on any atom is -0.495 e. The molecule has 25 heavy (non-hydrogen) atoms. The minimum atomic E-state index is -0.393. The maximum absolute atomic E-state index is 12.6. The SMILES string of the molecule is C=CCN1CC(C(=O)Nc2cc(-n3cnnc3)ccc2OC)CC1=O. The lowest BCUT2D eigenvalue weighted by Gasteiger charge is -2.16. The van der Waals surface area contributed by atoms with Crippen molar-refractivity contribution in [3.05, 3.63) is 43.5 Å². The molecule has 1 atom stereocenters. The van der Waals surface area contributed by atoms with Crippen molar-refractivity contribution in [1.82, 2.24) is 19.7 Å². The van der Waals surface area contributed by atoms with Gasteiger partial charge in [0.15, 0.2) is 0 Å². The lowest BCUT2D eigenvalue weighted by atomic mass is 10.1. The fourth-order valence-electron chi connectivity index (χ4n) is 2.80. The molecule has 2 heterocycles. The highest BCUT2D eigenvalue weighted by Crippen LogP contribution is 2.28. The van der Waals surface area contributed by atoms with E-state index in [1.807, 2.05) is 6.07 Å². The van der Waals surface area contributed by atoms with E-state index in [9.17, 15) is 9.59 Å². The largest absolute Gasteiger partial charge is 0.495 e. The van der Waals surface area contributed by atoms with Crippen LogP contribution in [0.5, 0.6) is 5.75 Å². The third kappa shape index (κ3) is 3.52. The van der Waals surface area contributed by atoms with E-state index < -0.39 is 5.92 Å². The van der Waals surface area contributed by atoms with Gasteiger partial charge in [-0.3, -0.25) is 14.2 Å². The Bertz CT molecular complexity index is 788. The summed E-state index contributed by atoms with van der Waals surface area (Å²) in [5.41, 5.74) is 1.32. The first kappa shape index (κ1) is 16.7. The number of nitrogens with zero attached hydrogens (tertiary/aromatic N) is 4. The average molecular weight is 341 g/mol. The highest BCUT2D eigenvalue weighted by Gasteiger charge is 2.33. The van der Waals surface area contributed by atoms with Gasteiger partial charge in [0.05, 0.1) is 24.4 Å². The van der Waals surface area contributed by atoms with E-state index in [1.54, 1.807) is 40.3 Å². The molecule has 8 heteroatoms. The van der Waals surface area contributed by atoms with Crippen LogP contribution in [0, 0.1) is 5.92 Å². The van der Waals surface area contributed by atoms with Crippen LogP contribution >= 0.6 is 0 Å². The smallest absolute Gasteiger partial charge is 0.229 e. The first-order chi connectivity index (χ1) is 12.1. The number of amides is 2. The van der Waals surface area contributed by atoms with Gasteiger partial charge in [0.1, 0.15) is 18.4 Å². The molecule has 0 spiro atoms. The summed E-state index contributed by atoms with van der Waals surface area (Å²) in [6, 6.07) is 5.37. The summed E-state index contributed by atoms with van der Waals surface area (Å²) in [5, 5.41) is 10.4. The van der Waals surface area contributed by atoms with Crippen LogP contribution in [0.3, 0.4) is 0 Å². The molecule has 0 aliphatic carbocycles. The second-order valence-electron chi connectivity index (χ2n) is 5.73. The summed E-state index contributed by atoms with van der Waals surface area (Å²) in [5.74, 6) is -0.0995. The number of anilines is 1. The van der Waals surface area contributed by atoms with Gasteiger partial charge in [-0.1, -0.05) is 6.08 Å². The number of likely N-dealkylation sites (tertiary alicyclic amines) is 1. The molecule has 130 valence electrons. The van der Waals surface area contributed by atoms with E-state index in [1.165, 1.54) is 7.11 Å². The molecule has 1 aliphatic rings. The van der Waals surface area contributed by atoms with E-state index in [-0.39, 0.29) is 18.2 Å². The molecule has 1 aromatic heterocycles. The molecule has 2 amide bonds. The van der Waals surface area contributed by atoms with E-state index in [2.05, 4.69) is 22.1 Å². The Labute approximate surface area is 145 Å². The van der Waals surface area contributed by atoms with Crippen molar-refractivity contribution in [2.75, 3.05) is 25.5 Å². The van der Waals surface area contributed by atoms with Gasteiger partial charge >= 0.3 is 0 Å². The van der Waals surface area contributed by atoms with Crippen molar-refractivity contribution in [2.24, 2.45) is 5.92 Å². The summed E-state index contributed by atoms with van der Waals surface area (Å²) in [6.07, 6.45) is 4.99. The van der Waals surface area contributed by atoms with Crippen LogP contribution in [0.15, 0.2) is 43.5 Å². The van der Waals surface area contributed by atoms with Crippen molar-refractivity contribution < 1.29 is 14.3 Å². The average Bonchev–Trinajstić information content (AvgIpc) is 3.26. The van der Waals surface area contributed by atoms with E-state index in [4.69, 9.17) is 4.74 Å². The Kier molecular flexibility index (Phi) is 4.78. The molecule has 0 radical (unpaired) electrons. The molecular weight excluding hydrogens is 322 g/mol. The van der Waals surface area contributed by atoms with E-state index in [0.717, 1.165) is 5.69 Å². The Morgan fingerprint density at radius 3 is 2.88 bits per heavy atom. The topological polar surface area (TPSA) is 89.3 Å². The molecule has 2 aromatic rings. The number of ether oxygens (including phenoxy) is 1. The summed E-state index contributed by atoms with van der Waals surface area (Å²) >= 11 is 0. The van der Waals surface area contributed by atoms with Crippen molar-refractivity contribution >= 4 is 17.5 Å². The third-order valence-electron chi connectivity index (χ3n) is 4.09. The molecule has 1 aromatic carbocycles. The van der Waals surface area contributed by atoms with Gasteiger partial charge in [0.2, 0.25) is 11.8 Å². The van der Waals surface area contributed by atoms with Gasteiger partial charge in [0, 0.05) is 19.5 Å². The maximum atomic E-state index is 12.6. The Morgan fingerprint density at radius 2 is 2.20 bits per heavy atom.